The number of nitro groups is 1. The maximum absolute atomic E-state index is 12.9. The lowest BCUT2D eigenvalue weighted by Crippen LogP contribution is -2.44. The molecule has 8 N–H and O–H groups in total. The van der Waals surface area contributed by atoms with E-state index in [-0.39, 0.29) is 35.9 Å². The number of aliphatic imine (C=N–C) groups is 1. The van der Waals surface area contributed by atoms with Crippen molar-refractivity contribution < 1.29 is 14.5 Å². The molecule has 0 aliphatic heterocycles. The molecule has 0 aliphatic carbocycles. The number of pyridine rings is 1. The molecule has 0 fully saturated rings. The van der Waals surface area contributed by atoms with Crippen LogP contribution in [0.4, 0.5) is 17.1 Å². The van der Waals surface area contributed by atoms with Crippen LogP contribution in [0.3, 0.4) is 0 Å². The molecule has 1 atom stereocenters. The van der Waals surface area contributed by atoms with Crippen molar-refractivity contribution in [3.63, 3.8) is 0 Å². The van der Waals surface area contributed by atoms with Gasteiger partial charge in [0.25, 0.3) is 11.6 Å². The first kappa shape index (κ1) is 25.8. The van der Waals surface area contributed by atoms with Crippen LogP contribution in [0.1, 0.15) is 23.2 Å². The lowest BCUT2D eigenvalue weighted by atomic mass is 10.1. The Morgan fingerprint density at radius 1 is 0.974 bits per heavy atom. The Morgan fingerprint density at radius 2 is 1.61 bits per heavy atom. The highest BCUT2D eigenvalue weighted by atomic mass is 16.6. The summed E-state index contributed by atoms with van der Waals surface area (Å²) in [4.78, 5) is 44.6. The van der Waals surface area contributed by atoms with Crippen LogP contribution in [-0.2, 0) is 4.79 Å². The molecule has 2 amide bonds. The van der Waals surface area contributed by atoms with Gasteiger partial charge in [0, 0.05) is 28.9 Å². The third-order valence-corrected chi connectivity index (χ3v) is 5.90. The van der Waals surface area contributed by atoms with Crippen LogP contribution in [0.15, 0.2) is 71.7 Å². The van der Waals surface area contributed by atoms with E-state index in [9.17, 15) is 19.7 Å². The number of hydrogen-bond donors (Lipinski definition) is 5. The maximum Gasteiger partial charge on any atom is 0.293 e. The zero-order chi connectivity index (χ0) is 27.2. The fourth-order valence-corrected chi connectivity index (χ4v) is 4.07. The third kappa shape index (κ3) is 5.75. The molecule has 0 saturated carbocycles. The van der Waals surface area contributed by atoms with E-state index in [0.29, 0.717) is 12.1 Å². The van der Waals surface area contributed by atoms with Gasteiger partial charge in [-0.3, -0.25) is 24.7 Å². The van der Waals surface area contributed by atoms with Gasteiger partial charge >= 0.3 is 0 Å². The lowest BCUT2D eigenvalue weighted by Gasteiger charge is -2.16. The van der Waals surface area contributed by atoms with Crippen LogP contribution < -0.4 is 27.8 Å². The van der Waals surface area contributed by atoms with Gasteiger partial charge in [0.15, 0.2) is 5.96 Å². The van der Waals surface area contributed by atoms with E-state index in [1.54, 1.807) is 0 Å². The highest BCUT2D eigenvalue weighted by molar-refractivity contribution is 6.09. The smallest absolute Gasteiger partial charge is 0.293 e. The summed E-state index contributed by atoms with van der Waals surface area (Å²) in [6.45, 7) is 0.256. The average molecular weight is 515 g/mol. The average Bonchev–Trinajstić information content (AvgIpc) is 2.89. The van der Waals surface area contributed by atoms with Gasteiger partial charge in [-0.1, -0.05) is 36.4 Å². The molecule has 0 aliphatic rings. The van der Waals surface area contributed by atoms with Gasteiger partial charge in [-0.25, -0.2) is 4.98 Å². The van der Waals surface area contributed by atoms with E-state index in [4.69, 9.17) is 17.2 Å². The van der Waals surface area contributed by atoms with E-state index in [1.807, 2.05) is 48.5 Å². The number of primary amides is 1. The van der Waals surface area contributed by atoms with E-state index < -0.39 is 22.8 Å². The SMILES string of the molecule is NC(=O)[C@@H](CCCN=C(N)N)NC(=O)c1ccc(Nc2c3ccccc3nc3ccccc23)c([N+](=O)[O-])c1. The van der Waals surface area contributed by atoms with Crippen LogP contribution in [0.5, 0.6) is 0 Å². The number of benzene rings is 3. The summed E-state index contributed by atoms with van der Waals surface area (Å²) in [6.07, 6.45) is 0.588. The molecule has 0 saturated heterocycles. The molecule has 4 aromatic rings. The van der Waals surface area contributed by atoms with Crippen LogP contribution in [0, 0.1) is 10.1 Å². The minimum Gasteiger partial charge on any atom is -0.370 e. The van der Waals surface area contributed by atoms with E-state index >= 15 is 0 Å². The van der Waals surface area contributed by atoms with Crippen molar-refractivity contribution in [2.75, 3.05) is 11.9 Å². The predicted molar refractivity (Wildman–Crippen MR) is 146 cm³/mol. The number of carbonyl (C=O) groups is 2. The minimum atomic E-state index is -0.997. The lowest BCUT2D eigenvalue weighted by molar-refractivity contribution is -0.383. The summed E-state index contributed by atoms with van der Waals surface area (Å²) in [5.74, 6) is -1.50. The Labute approximate surface area is 217 Å². The van der Waals surface area contributed by atoms with Crippen LogP contribution >= 0.6 is 0 Å². The fraction of sp³-hybridized carbons (Fsp3) is 0.154. The normalized spacial score (nSPS) is 11.6. The van der Waals surface area contributed by atoms with Gasteiger partial charge < -0.3 is 27.8 Å². The number of nitrogens with zero attached hydrogens (tertiary/aromatic N) is 3. The monoisotopic (exact) mass is 514 g/mol. The Morgan fingerprint density at radius 3 is 2.18 bits per heavy atom. The molecular formula is C26H26N8O4. The van der Waals surface area contributed by atoms with Gasteiger partial charge in [-0.15, -0.1) is 0 Å². The van der Waals surface area contributed by atoms with Gasteiger partial charge in [0.1, 0.15) is 11.7 Å². The number of aromatic nitrogens is 1. The fourth-order valence-electron chi connectivity index (χ4n) is 4.07. The van der Waals surface area contributed by atoms with Crippen molar-refractivity contribution >= 4 is 56.6 Å². The predicted octanol–water partition coefficient (Wildman–Crippen LogP) is 2.68. The summed E-state index contributed by atoms with van der Waals surface area (Å²) in [7, 11) is 0. The number of carbonyl (C=O) groups excluding carboxylic acids is 2. The Balaban J connectivity index is 1.63. The Kier molecular flexibility index (Phi) is 7.61. The molecule has 1 aromatic heterocycles. The molecule has 12 heteroatoms. The van der Waals surface area contributed by atoms with Crippen molar-refractivity contribution in [1.29, 1.82) is 0 Å². The number of nitrogens with one attached hydrogen (secondary N) is 2. The van der Waals surface area contributed by atoms with E-state index in [1.165, 1.54) is 12.1 Å². The number of para-hydroxylation sites is 2. The quantitative estimate of drug-likeness (QED) is 0.0530. The molecule has 0 bridgehead atoms. The molecule has 0 spiro atoms. The van der Waals surface area contributed by atoms with Crippen molar-refractivity contribution in [2.24, 2.45) is 22.2 Å². The van der Waals surface area contributed by atoms with Gasteiger partial charge in [-0.2, -0.15) is 0 Å². The van der Waals surface area contributed by atoms with E-state index in [0.717, 1.165) is 27.9 Å². The van der Waals surface area contributed by atoms with Crippen LogP contribution in [-0.4, -0.2) is 40.3 Å². The number of anilines is 2. The Hall–Kier alpha value is -5.26. The molecule has 4 rings (SSSR count). The number of nitrogens with two attached hydrogens (primary N) is 3. The van der Waals surface area contributed by atoms with Crippen LogP contribution in [0.25, 0.3) is 21.8 Å². The van der Waals surface area contributed by atoms with E-state index in [2.05, 4.69) is 20.6 Å². The molecular weight excluding hydrogens is 488 g/mol. The van der Waals surface area contributed by atoms with Gasteiger partial charge in [0.05, 0.1) is 21.6 Å². The summed E-state index contributed by atoms with van der Waals surface area (Å²) < 4.78 is 0. The van der Waals surface area contributed by atoms with Crippen molar-refractivity contribution in [3.8, 4) is 0 Å². The largest absolute Gasteiger partial charge is 0.370 e. The minimum absolute atomic E-state index is 0.00201. The molecule has 0 unspecified atom stereocenters. The second-order valence-electron chi connectivity index (χ2n) is 8.51. The van der Waals surface area contributed by atoms with Gasteiger partial charge in [0.2, 0.25) is 5.91 Å². The summed E-state index contributed by atoms with van der Waals surface area (Å²) >= 11 is 0. The number of fused-ring (bicyclic) bond motifs is 2. The second kappa shape index (κ2) is 11.2. The van der Waals surface area contributed by atoms with Crippen molar-refractivity contribution in [1.82, 2.24) is 10.3 Å². The van der Waals surface area contributed by atoms with Crippen molar-refractivity contribution in [3.05, 3.63) is 82.4 Å². The Bertz CT molecular complexity index is 1510. The van der Waals surface area contributed by atoms with Crippen LogP contribution in [0.2, 0.25) is 0 Å². The van der Waals surface area contributed by atoms with Crippen molar-refractivity contribution in [2.45, 2.75) is 18.9 Å². The summed E-state index contributed by atoms with van der Waals surface area (Å²) in [6, 6.07) is 18.0. The molecule has 0 radical (unpaired) electrons. The first-order chi connectivity index (χ1) is 18.2. The molecule has 3 aromatic carbocycles. The number of guanidine groups is 1. The number of hydrogen-bond acceptors (Lipinski definition) is 7. The zero-order valence-electron chi connectivity index (χ0n) is 20.3. The second-order valence-corrected chi connectivity index (χ2v) is 8.51. The number of rotatable bonds is 10. The summed E-state index contributed by atoms with van der Waals surface area (Å²) in [5.41, 5.74) is 18.0. The molecule has 1 heterocycles. The maximum atomic E-state index is 12.9. The highest BCUT2D eigenvalue weighted by Gasteiger charge is 2.23. The zero-order valence-corrected chi connectivity index (χ0v) is 20.3. The van der Waals surface area contributed by atoms with Gasteiger partial charge in [-0.05, 0) is 37.1 Å². The summed E-state index contributed by atoms with van der Waals surface area (Å²) in [5, 5.41) is 19.3. The number of amides is 2. The highest BCUT2D eigenvalue weighted by Crippen LogP contribution is 2.36. The first-order valence-corrected chi connectivity index (χ1v) is 11.7. The topological polar surface area (TPSA) is 205 Å². The molecule has 12 nitrogen and oxygen atoms in total. The standard InChI is InChI=1S/C26H26N8O4/c27-24(35)21(10-5-13-30-26(28)29)33-25(36)15-11-12-20(22(14-15)34(37)38)32-23-16-6-1-3-8-18(16)31-19-9-4-2-7-17(19)23/h1-4,6-9,11-12,14,21H,5,10,13H2,(H2,27,35)(H,31,32)(H,33,36)(H4,28,29,30)/t21-/m1/s1. The number of nitro benzene ring substituents is 1. The third-order valence-electron chi connectivity index (χ3n) is 5.90. The molecule has 38 heavy (non-hydrogen) atoms. The molecule has 194 valence electrons. The first-order valence-electron chi connectivity index (χ1n) is 11.7.